The lowest BCUT2D eigenvalue weighted by Crippen LogP contribution is -2.29. The van der Waals surface area contributed by atoms with Crippen LogP contribution in [0.3, 0.4) is 0 Å². The topological polar surface area (TPSA) is 124 Å². The molecule has 4 rings (SSSR count). The molecule has 11 nitrogen and oxygen atoms in total. The first-order valence-electron chi connectivity index (χ1n) is 10.9. The zero-order valence-corrected chi connectivity index (χ0v) is 19.9. The van der Waals surface area contributed by atoms with Gasteiger partial charge in [0.15, 0.2) is 5.69 Å². The van der Waals surface area contributed by atoms with Crippen molar-refractivity contribution in [3.8, 4) is 16.5 Å². The highest BCUT2D eigenvalue weighted by Gasteiger charge is 2.21. The van der Waals surface area contributed by atoms with Gasteiger partial charge in [-0.05, 0) is 33.1 Å². The zero-order chi connectivity index (χ0) is 23.9. The maximum atomic E-state index is 12.9. The highest BCUT2D eigenvalue weighted by atomic mass is 32.1. The van der Waals surface area contributed by atoms with Gasteiger partial charge in [-0.3, -0.25) is 14.3 Å². The minimum Gasteiger partial charge on any atom is -0.475 e. The second kappa shape index (κ2) is 11.2. The SMILES string of the molecule is CN(C)CCCn1cc2c(n1)C(=O)NCCOCCOc1cc(ccn1)-c1nc(cs1)C(=O)N2. The van der Waals surface area contributed by atoms with E-state index in [0.29, 0.717) is 49.5 Å². The van der Waals surface area contributed by atoms with E-state index in [1.54, 1.807) is 28.5 Å². The number of hydrogen-bond donors (Lipinski definition) is 2. The van der Waals surface area contributed by atoms with Crippen molar-refractivity contribution < 1.29 is 19.1 Å². The highest BCUT2D eigenvalue weighted by molar-refractivity contribution is 7.13. The average Bonchev–Trinajstić information content (AvgIpc) is 3.45. The molecular formula is C22H27N7O4S. The Kier molecular flexibility index (Phi) is 7.83. The predicted octanol–water partition coefficient (Wildman–Crippen LogP) is 1.74. The van der Waals surface area contributed by atoms with E-state index >= 15 is 0 Å². The van der Waals surface area contributed by atoms with Gasteiger partial charge in [-0.1, -0.05) is 0 Å². The molecule has 1 aliphatic heterocycles. The van der Waals surface area contributed by atoms with Crippen LogP contribution < -0.4 is 15.4 Å². The summed E-state index contributed by atoms with van der Waals surface area (Å²) in [6.45, 7) is 2.77. The Balaban J connectivity index is 1.59. The number of hydrogen-bond acceptors (Lipinski definition) is 9. The second-order valence-electron chi connectivity index (χ2n) is 7.90. The van der Waals surface area contributed by atoms with Crippen LogP contribution in [0.2, 0.25) is 0 Å². The summed E-state index contributed by atoms with van der Waals surface area (Å²) in [7, 11) is 4.00. The van der Waals surface area contributed by atoms with Crippen molar-refractivity contribution in [1.29, 1.82) is 0 Å². The lowest BCUT2D eigenvalue weighted by molar-refractivity contribution is 0.0858. The van der Waals surface area contributed by atoms with Crippen molar-refractivity contribution in [3.63, 3.8) is 0 Å². The lowest BCUT2D eigenvalue weighted by Gasteiger charge is -2.09. The fourth-order valence-corrected chi connectivity index (χ4v) is 4.09. The molecule has 0 aromatic carbocycles. The number of anilines is 1. The summed E-state index contributed by atoms with van der Waals surface area (Å²) in [5, 5.41) is 12.3. The van der Waals surface area contributed by atoms with E-state index < -0.39 is 5.91 Å². The molecule has 0 atom stereocenters. The van der Waals surface area contributed by atoms with E-state index in [4.69, 9.17) is 9.47 Å². The van der Waals surface area contributed by atoms with E-state index in [9.17, 15) is 9.59 Å². The molecule has 34 heavy (non-hydrogen) atoms. The first-order chi connectivity index (χ1) is 16.5. The molecule has 0 aliphatic carbocycles. The van der Waals surface area contributed by atoms with Crippen LogP contribution in [0.1, 0.15) is 27.4 Å². The zero-order valence-electron chi connectivity index (χ0n) is 19.1. The molecule has 0 radical (unpaired) electrons. The van der Waals surface area contributed by atoms with Gasteiger partial charge in [-0.25, -0.2) is 9.97 Å². The van der Waals surface area contributed by atoms with Crippen LogP contribution >= 0.6 is 11.3 Å². The number of amides is 2. The van der Waals surface area contributed by atoms with Gasteiger partial charge in [-0.15, -0.1) is 11.3 Å². The van der Waals surface area contributed by atoms with Crippen LogP contribution in [0.25, 0.3) is 10.6 Å². The molecule has 0 unspecified atom stereocenters. The van der Waals surface area contributed by atoms with Gasteiger partial charge in [0.25, 0.3) is 11.8 Å². The minimum absolute atomic E-state index is 0.150. The Bertz CT molecular complexity index is 1140. The number of nitrogens with zero attached hydrogens (tertiary/aromatic N) is 5. The summed E-state index contributed by atoms with van der Waals surface area (Å²) < 4.78 is 12.8. The maximum Gasteiger partial charge on any atom is 0.275 e. The number of aryl methyl sites for hydroxylation is 1. The van der Waals surface area contributed by atoms with E-state index in [1.807, 2.05) is 20.2 Å². The normalized spacial score (nSPS) is 15.0. The van der Waals surface area contributed by atoms with Gasteiger partial charge < -0.3 is 25.0 Å². The third-order valence-electron chi connectivity index (χ3n) is 4.95. The van der Waals surface area contributed by atoms with Gasteiger partial charge in [0, 0.05) is 42.5 Å². The summed E-state index contributed by atoms with van der Waals surface area (Å²) in [5.74, 6) is -0.358. The molecule has 0 saturated heterocycles. The monoisotopic (exact) mass is 485 g/mol. The predicted molar refractivity (Wildman–Crippen MR) is 127 cm³/mol. The van der Waals surface area contributed by atoms with Crippen molar-refractivity contribution in [2.45, 2.75) is 13.0 Å². The van der Waals surface area contributed by atoms with Gasteiger partial charge in [0.2, 0.25) is 5.88 Å². The first-order valence-corrected chi connectivity index (χ1v) is 11.8. The van der Waals surface area contributed by atoms with Crippen molar-refractivity contribution in [2.24, 2.45) is 0 Å². The summed E-state index contributed by atoms with van der Waals surface area (Å²) in [6, 6.07) is 3.59. The van der Waals surface area contributed by atoms with E-state index in [1.165, 1.54) is 11.3 Å². The quantitative estimate of drug-likeness (QED) is 0.573. The number of nitrogens with one attached hydrogen (secondary N) is 2. The number of carbonyl (C=O) groups excluding carboxylic acids is 2. The van der Waals surface area contributed by atoms with Crippen LogP contribution in [0.4, 0.5) is 5.69 Å². The Hall–Kier alpha value is -3.35. The van der Waals surface area contributed by atoms with E-state index in [-0.39, 0.29) is 17.3 Å². The molecule has 3 aromatic heterocycles. The number of thiazole rings is 1. The van der Waals surface area contributed by atoms with Gasteiger partial charge >= 0.3 is 0 Å². The molecule has 2 amide bonds. The van der Waals surface area contributed by atoms with Gasteiger partial charge in [0.05, 0.1) is 18.9 Å². The molecule has 180 valence electrons. The van der Waals surface area contributed by atoms with Crippen LogP contribution in [0.5, 0.6) is 5.88 Å². The van der Waals surface area contributed by atoms with E-state index in [2.05, 4.69) is 30.6 Å². The van der Waals surface area contributed by atoms with Crippen LogP contribution in [0, 0.1) is 0 Å². The number of aromatic nitrogens is 4. The molecule has 3 aromatic rings. The smallest absolute Gasteiger partial charge is 0.275 e. The molecule has 0 saturated carbocycles. The molecule has 4 bridgehead atoms. The Morgan fingerprint density at radius 3 is 2.94 bits per heavy atom. The van der Waals surface area contributed by atoms with Gasteiger partial charge in [0.1, 0.15) is 17.3 Å². The second-order valence-corrected chi connectivity index (χ2v) is 8.76. The standard InChI is InChI=1S/C22H27N7O4S/c1-28(2)7-3-8-29-13-16-19(27-29)21(31)24-6-9-32-10-11-33-18-12-15(4-5-23-18)22-26-17(14-34-22)20(30)25-16/h4-5,12-14H,3,6-11H2,1-2H3,(H,24,31)(H,25,30). The van der Waals surface area contributed by atoms with Crippen LogP contribution in [-0.2, 0) is 11.3 Å². The van der Waals surface area contributed by atoms with Crippen LogP contribution in [-0.4, -0.2) is 83.5 Å². The lowest BCUT2D eigenvalue weighted by atomic mass is 10.3. The maximum absolute atomic E-state index is 12.9. The van der Waals surface area contributed by atoms with Crippen molar-refractivity contribution in [3.05, 3.63) is 41.3 Å². The summed E-state index contributed by atoms with van der Waals surface area (Å²) in [6.07, 6.45) is 4.16. The first kappa shape index (κ1) is 23.8. The minimum atomic E-state index is -0.417. The molecule has 2 N–H and O–H groups in total. The number of carbonyl (C=O) groups is 2. The summed E-state index contributed by atoms with van der Waals surface area (Å²) in [5.41, 5.74) is 1.53. The average molecular weight is 486 g/mol. The largest absolute Gasteiger partial charge is 0.475 e. The molecule has 0 spiro atoms. The molecule has 12 heteroatoms. The van der Waals surface area contributed by atoms with Crippen molar-refractivity contribution >= 4 is 28.8 Å². The third-order valence-corrected chi connectivity index (χ3v) is 5.84. The number of rotatable bonds is 4. The summed E-state index contributed by atoms with van der Waals surface area (Å²) in [4.78, 5) is 36.5. The highest BCUT2D eigenvalue weighted by Crippen LogP contribution is 2.26. The van der Waals surface area contributed by atoms with E-state index in [0.717, 1.165) is 18.5 Å². The molecule has 0 fully saturated rings. The molecule has 1 aliphatic rings. The third kappa shape index (κ3) is 6.16. The van der Waals surface area contributed by atoms with Crippen molar-refractivity contribution in [2.75, 3.05) is 52.3 Å². The fraction of sp³-hybridized carbons (Fsp3) is 0.409. The fourth-order valence-electron chi connectivity index (χ4n) is 3.29. The Labute approximate surface area is 201 Å². The Morgan fingerprint density at radius 2 is 2.09 bits per heavy atom. The molecule has 4 heterocycles. The molecular weight excluding hydrogens is 458 g/mol. The van der Waals surface area contributed by atoms with Gasteiger partial charge in [-0.2, -0.15) is 5.10 Å². The Morgan fingerprint density at radius 1 is 1.21 bits per heavy atom. The number of pyridine rings is 1. The summed E-state index contributed by atoms with van der Waals surface area (Å²) >= 11 is 1.34. The van der Waals surface area contributed by atoms with Crippen LogP contribution in [0.15, 0.2) is 29.9 Å². The van der Waals surface area contributed by atoms with Crippen molar-refractivity contribution in [1.82, 2.24) is 30.0 Å². The number of fused-ring (bicyclic) bond motifs is 6. The number of ether oxygens (including phenoxy) is 2.